The van der Waals surface area contributed by atoms with Crippen LogP contribution in [0.4, 0.5) is 0 Å². The van der Waals surface area contributed by atoms with E-state index in [1.165, 1.54) is 7.11 Å². The first-order chi connectivity index (χ1) is 8.67. The van der Waals surface area contributed by atoms with Gasteiger partial charge in [-0.3, -0.25) is 4.79 Å². The van der Waals surface area contributed by atoms with Crippen LogP contribution in [0.3, 0.4) is 0 Å². The van der Waals surface area contributed by atoms with E-state index in [2.05, 4.69) is 5.32 Å². The van der Waals surface area contributed by atoms with Gasteiger partial charge in [-0.25, -0.2) is 0 Å². The number of hydrogen-bond acceptors (Lipinski definition) is 3. The van der Waals surface area contributed by atoms with Gasteiger partial charge in [0.2, 0.25) is 5.91 Å². The number of hydrogen-bond donors (Lipinski definition) is 2. The first-order valence-corrected chi connectivity index (χ1v) is 6.39. The number of aromatic hydroxyl groups is 1. The highest BCUT2D eigenvalue weighted by molar-refractivity contribution is 6.17. The first-order valence-electron chi connectivity index (χ1n) is 5.86. The number of halogens is 1. The Morgan fingerprint density at radius 2 is 2.22 bits per heavy atom. The van der Waals surface area contributed by atoms with E-state index in [-0.39, 0.29) is 11.7 Å². The second-order valence-corrected chi connectivity index (χ2v) is 4.31. The van der Waals surface area contributed by atoms with Gasteiger partial charge in [0, 0.05) is 18.8 Å². The van der Waals surface area contributed by atoms with Gasteiger partial charge in [0.1, 0.15) is 0 Å². The summed E-state index contributed by atoms with van der Waals surface area (Å²) in [7, 11) is 1.49. The molecule has 5 heteroatoms. The summed E-state index contributed by atoms with van der Waals surface area (Å²) in [4.78, 5) is 11.5. The lowest BCUT2D eigenvalue weighted by Crippen LogP contribution is -2.22. The Kier molecular flexibility index (Phi) is 6.36. The zero-order valence-corrected chi connectivity index (χ0v) is 11.2. The summed E-state index contributed by atoms with van der Waals surface area (Å²) in [6.45, 7) is 0.427. The normalized spacial score (nSPS) is 10.1. The summed E-state index contributed by atoms with van der Waals surface area (Å²) in [5, 5.41) is 12.2. The molecular weight excluding hydrogens is 254 g/mol. The average molecular weight is 272 g/mol. The molecule has 1 rings (SSSR count). The molecule has 1 amide bonds. The Morgan fingerprint density at radius 1 is 1.44 bits per heavy atom. The average Bonchev–Trinajstić information content (AvgIpc) is 2.38. The Hall–Kier alpha value is -1.42. The third-order valence-electron chi connectivity index (χ3n) is 2.52. The predicted octanol–water partition coefficient (Wildman–Crippen LogP) is 2.43. The topological polar surface area (TPSA) is 58.6 Å². The zero-order valence-electron chi connectivity index (χ0n) is 10.4. The third kappa shape index (κ3) is 4.84. The number of carbonyl (C=O) groups excluding carboxylic acids is 1. The molecule has 0 aliphatic carbocycles. The molecular formula is C13H18ClNO3. The van der Waals surface area contributed by atoms with Gasteiger partial charge in [-0.2, -0.15) is 0 Å². The molecule has 0 saturated heterocycles. The van der Waals surface area contributed by atoms with E-state index in [1.807, 2.05) is 0 Å². The molecule has 0 aromatic heterocycles. The van der Waals surface area contributed by atoms with Crippen LogP contribution < -0.4 is 10.1 Å². The van der Waals surface area contributed by atoms with Gasteiger partial charge < -0.3 is 15.2 Å². The Balaban J connectivity index is 2.41. The van der Waals surface area contributed by atoms with Crippen LogP contribution in [0.5, 0.6) is 11.5 Å². The molecule has 1 aromatic rings. The van der Waals surface area contributed by atoms with Crippen molar-refractivity contribution in [2.24, 2.45) is 0 Å². The summed E-state index contributed by atoms with van der Waals surface area (Å²) in [6, 6.07) is 5.00. The van der Waals surface area contributed by atoms with E-state index in [0.29, 0.717) is 24.6 Å². The largest absolute Gasteiger partial charge is 0.504 e. The highest BCUT2D eigenvalue weighted by atomic mass is 35.5. The van der Waals surface area contributed by atoms with Gasteiger partial charge in [-0.05, 0) is 30.5 Å². The molecule has 100 valence electrons. The molecule has 0 radical (unpaired) electrons. The van der Waals surface area contributed by atoms with Crippen molar-refractivity contribution in [1.82, 2.24) is 5.32 Å². The maximum Gasteiger partial charge on any atom is 0.220 e. The summed E-state index contributed by atoms with van der Waals surface area (Å²) in [6.07, 6.45) is 2.14. The van der Waals surface area contributed by atoms with Crippen molar-refractivity contribution in [1.29, 1.82) is 0 Å². The monoisotopic (exact) mass is 271 g/mol. The van der Waals surface area contributed by atoms with Crippen LogP contribution in [0.2, 0.25) is 0 Å². The maximum absolute atomic E-state index is 11.5. The Labute approximate surface area is 112 Å². The number of amides is 1. The molecule has 18 heavy (non-hydrogen) atoms. The van der Waals surface area contributed by atoms with Gasteiger partial charge in [-0.1, -0.05) is 6.07 Å². The number of carbonyl (C=O) groups is 1. The van der Waals surface area contributed by atoms with Crippen molar-refractivity contribution in [2.75, 3.05) is 13.0 Å². The number of unbranched alkanes of at least 4 members (excludes halogenated alkanes) is 1. The van der Waals surface area contributed by atoms with E-state index in [1.54, 1.807) is 18.2 Å². The minimum absolute atomic E-state index is 0.00663. The van der Waals surface area contributed by atoms with Gasteiger partial charge >= 0.3 is 0 Å². The van der Waals surface area contributed by atoms with E-state index in [0.717, 1.165) is 18.4 Å². The number of phenols is 1. The predicted molar refractivity (Wildman–Crippen MR) is 71.1 cm³/mol. The zero-order chi connectivity index (χ0) is 13.4. The highest BCUT2D eigenvalue weighted by Crippen LogP contribution is 2.26. The number of rotatable bonds is 7. The van der Waals surface area contributed by atoms with Gasteiger partial charge in [0.15, 0.2) is 11.5 Å². The fraction of sp³-hybridized carbons (Fsp3) is 0.462. The highest BCUT2D eigenvalue weighted by Gasteiger charge is 2.04. The first kappa shape index (κ1) is 14.6. The van der Waals surface area contributed by atoms with Crippen molar-refractivity contribution < 1.29 is 14.6 Å². The van der Waals surface area contributed by atoms with Crippen molar-refractivity contribution >= 4 is 17.5 Å². The van der Waals surface area contributed by atoms with Crippen molar-refractivity contribution in [3.05, 3.63) is 23.8 Å². The molecule has 0 atom stereocenters. The maximum atomic E-state index is 11.5. The fourth-order valence-electron chi connectivity index (χ4n) is 1.50. The SMILES string of the molecule is COc1cc(CNC(=O)CCCCCl)ccc1O. The molecule has 0 aliphatic heterocycles. The van der Waals surface area contributed by atoms with Crippen LogP contribution in [0.25, 0.3) is 0 Å². The van der Waals surface area contributed by atoms with Crippen LogP contribution in [0.1, 0.15) is 24.8 Å². The molecule has 0 fully saturated rings. The van der Waals surface area contributed by atoms with Crippen LogP contribution in [0, 0.1) is 0 Å². The number of alkyl halides is 1. The van der Waals surface area contributed by atoms with E-state index >= 15 is 0 Å². The van der Waals surface area contributed by atoms with E-state index in [9.17, 15) is 9.90 Å². The van der Waals surface area contributed by atoms with Crippen molar-refractivity contribution in [3.8, 4) is 11.5 Å². The van der Waals surface area contributed by atoms with Gasteiger partial charge in [-0.15, -0.1) is 11.6 Å². The van der Waals surface area contributed by atoms with Crippen LogP contribution >= 0.6 is 11.6 Å². The summed E-state index contributed by atoms with van der Waals surface area (Å²) >= 11 is 5.54. The molecule has 4 nitrogen and oxygen atoms in total. The second-order valence-electron chi connectivity index (χ2n) is 3.93. The standard InChI is InChI=1S/C13H18ClNO3/c1-18-12-8-10(5-6-11(12)16)9-15-13(17)4-2-3-7-14/h5-6,8,16H,2-4,7,9H2,1H3,(H,15,17). The summed E-state index contributed by atoms with van der Waals surface area (Å²) in [5.74, 6) is 1.09. The van der Waals surface area contributed by atoms with Crippen LogP contribution in [0.15, 0.2) is 18.2 Å². The molecule has 2 N–H and O–H groups in total. The molecule has 0 saturated carbocycles. The van der Waals surface area contributed by atoms with Gasteiger partial charge in [0.25, 0.3) is 0 Å². The fourth-order valence-corrected chi connectivity index (χ4v) is 1.69. The van der Waals surface area contributed by atoms with Crippen molar-refractivity contribution in [3.63, 3.8) is 0 Å². The molecule has 1 aromatic carbocycles. The van der Waals surface area contributed by atoms with E-state index in [4.69, 9.17) is 16.3 Å². The smallest absolute Gasteiger partial charge is 0.220 e. The summed E-state index contributed by atoms with van der Waals surface area (Å²) < 4.78 is 4.99. The Morgan fingerprint density at radius 3 is 2.89 bits per heavy atom. The van der Waals surface area contributed by atoms with E-state index < -0.39 is 0 Å². The lowest BCUT2D eigenvalue weighted by molar-refractivity contribution is -0.121. The third-order valence-corrected chi connectivity index (χ3v) is 2.79. The molecule has 0 unspecified atom stereocenters. The number of nitrogens with one attached hydrogen (secondary N) is 1. The lowest BCUT2D eigenvalue weighted by Gasteiger charge is -2.08. The number of ether oxygens (including phenoxy) is 1. The Bertz CT molecular complexity index is 396. The quantitative estimate of drug-likeness (QED) is 0.591. The van der Waals surface area contributed by atoms with Gasteiger partial charge in [0.05, 0.1) is 7.11 Å². The minimum atomic E-state index is 0.00663. The minimum Gasteiger partial charge on any atom is -0.504 e. The molecule has 0 spiro atoms. The number of benzene rings is 1. The van der Waals surface area contributed by atoms with Crippen molar-refractivity contribution in [2.45, 2.75) is 25.8 Å². The molecule has 0 bridgehead atoms. The summed E-state index contributed by atoms with van der Waals surface area (Å²) in [5.41, 5.74) is 0.885. The molecule has 0 heterocycles. The lowest BCUT2D eigenvalue weighted by atomic mass is 10.2. The molecule has 0 aliphatic rings. The second kappa shape index (κ2) is 7.82. The van der Waals surface area contributed by atoms with Crippen LogP contribution in [-0.4, -0.2) is 24.0 Å². The van der Waals surface area contributed by atoms with Crippen LogP contribution in [-0.2, 0) is 11.3 Å². The number of methoxy groups -OCH3 is 1. The number of phenolic OH excluding ortho intramolecular Hbond substituents is 1.